The zero-order valence-electron chi connectivity index (χ0n) is 11.4. The van der Waals surface area contributed by atoms with Crippen molar-refractivity contribution in [2.45, 2.75) is 33.1 Å². The normalized spacial score (nSPS) is 10.9. The molecule has 0 atom stereocenters. The smallest absolute Gasteiger partial charge is 0.287 e. The fourth-order valence-corrected chi connectivity index (χ4v) is 2.56. The molecule has 1 N–H and O–H groups in total. The van der Waals surface area contributed by atoms with Gasteiger partial charge in [-0.15, -0.1) is 11.3 Å². The third-order valence-electron chi connectivity index (χ3n) is 2.80. The Morgan fingerprint density at radius 2 is 2.32 bits per heavy atom. The van der Waals surface area contributed by atoms with Gasteiger partial charge in [-0.25, -0.2) is 4.98 Å². The SMILES string of the molecule is Cc1ccoc1C(=O)NCCc1csc(C(C)C)n1. The van der Waals surface area contributed by atoms with E-state index < -0.39 is 0 Å². The molecule has 2 rings (SSSR count). The maximum Gasteiger partial charge on any atom is 0.287 e. The number of rotatable bonds is 5. The van der Waals surface area contributed by atoms with Crippen LogP contribution in [0.5, 0.6) is 0 Å². The van der Waals surface area contributed by atoms with Gasteiger partial charge in [0, 0.05) is 29.8 Å². The van der Waals surface area contributed by atoms with Gasteiger partial charge in [0.2, 0.25) is 0 Å². The van der Waals surface area contributed by atoms with Gasteiger partial charge in [0.05, 0.1) is 17.0 Å². The van der Waals surface area contributed by atoms with Crippen molar-refractivity contribution in [2.24, 2.45) is 0 Å². The highest BCUT2D eigenvalue weighted by molar-refractivity contribution is 7.09. The van der Waals surface area contributed by atoms with E-state index in [0.717, 1.165) is 22.7 Å². The summed E-state index contributed by atoms with van der Waals surface area (Å²) < 4.78 is 5.14. The molecule has 1 amide bonds. The minimum Gasteiger partial charge on any atom is -0.459 e. The topological polar surface area (TPSA) is 55.1 Å². The summed E-state index contributed by atoms with van der Waals surface area (Å²) >= 11 is 1.67. The van der Waals surface area contributed by atoms with Crippen molar-refractivity contribution < 1.29 is 9.21 Å². The van der Waals surface area contributed by atoms with E-state index in [0.29, 0.717) is 18.2 Å². The van der Waals surface area contributed by atoms with Crippen molar-refractivity contribution in [3.8, 4) is 0 Å². The first kappa shape index (κ1) is 13.8. The van der Waals surface area contributed by atoms with Crippen LogP contribution >= 0.6 is 11.3 Å². The number of carbonyl (C=O) groups is 1. The van der Waals surface area contributed by atoms with Crippen LogP contribution in [0.1, 0.15) is 46.6 Å². The van der Waals surface area contributed by atoms with Gasteiger partial charge in [0.15, 0.2) is 5.76 Å². The van der Waals surface area contributed by atoms with Gasteiger partial charge in [-0.2, -0.15) is 0 Å². The molecule has 0 spiro atoms. The first-order chi connectivity index (χ1) is 9.08. The van der Waals surface area contributed by atoms with Crippen LogP contribution in [0.4, 0.5) is 0 Å². The molecule has 2 aromatic heterocycles. The predicted octanol–water partition coefficient (Wildman–Crippen LogP) is 3.14. The Hall–Kier alpha value is -1.62. The van der Waals surface area contributed by atoms with Crippen molar-refractivity contribution >= 4 is 17.2 Å². The molecule has 0 saturated carbocycles. The summed E-state index contributed by atoms with van der Waals surface area (Å²) in [6, 6.07) is 1.78. The average Bonchev–Trinajstić information content (AvgIpc) is 2.97. The molecule has 2 heterocycles. The van der Waals surface area contributed by atoms with Gasteiger partial charge < -0.3 is 9.73 Å². The highest BCUT2D eigenvalue weighted by Gasteiger charge is 2.12. The summed E-state index contributed by atoms with van der Waals surface area (Å²) in [4.78, 5) is 16.3. The largest absolute Gasteiger partial charge is 0.459 e. The number of nitrogens with one attached hydrogen (secondary N) is 1. The molecule has 0 unspecified atom stereocenters. The summed E-state index contributed by atoms with van der Waals surface area (Å²) in [6.07, 6.45) is 2.27. The van der Waals surface area contributed by atoms with Crippen LogP contribution < -0.4 is 5.32 Å². The van der Waals surface area contributed by atoms with Crippen molar-refractivity contribution in [2.75, 3.05) is 6.54 Å². The number of aryl methyl sites for hydroxylation is 1. The highest BCUT2D eigenvalue weighted by atomic mass is 32.1. The van der Waals surface area contributed by atoms with Crippen molar-refractivity contribution in [1.29, 1.82) is 0 Å². The fourth-order valence-electron chi connectivity index (χ4n) is 1.69. The molecule has 0 aliphatic carbocycles. The van der Waals surface area contributed by atoms with Crippen LogP contribution in [-0.4, -0.2) is 17.4 Å². The van der Waals surface area contributed by atoms with Gasteiger partial charge in [-0.3, -0.25) is 4.79 Å². The summed E-state index contributed by atoms with van der Waals surface area (Å²) in [5.74, 6) is 0.682. The standard InChI is InChI=1S/C14H18N2O2S/c1-9(2)14-16-11(8-19-14)4-6-15-13(17)12-10(3)5-7-18-12/h5,7-9H,4,6H2,1-3H3,(H,15,17). The first-order valence-corrected chi connectivity index (χ1v) is 7.22. The Kier molecular flexibility index (Phi) is 4.37. The van der Waals surface area contributed by atoms with Gasteiger partial charge in [0.25, 0.3) is 5.91 Å². The van der Waals surface area contributed by atoms with Crippen molar-refractivity contribution in [1.82, 2.24) is 10.3 Å². The number of hydrogen-bond donors (Lipinski definition) is 1. The number of thiazole rings is 1. The number of amides is 1. The van der Waals surface area contributed by atoms with Crippen LogP contribution in [0, 0.1) is 6.92 Å². The summed E-state index contributed by atoms with van der Waals surface area (Å²) in [5.41, 5.74) is 1.89. The molecule has 5 heteroatoms. The van der Waals surface area contributed by atoms with E-state index >= 15 is 0 Å². The van der Waals surface area contributed by atoms with E-state index in [1.165, 1.54) is 6.26 Å². The molecule has 0 fully saturated rings. The van der Waals surface area contributed by atoms with E-state index in [1.54, 1.807) is 17.4 Å². The molecule has 0 saturated heterocycles. The van der Waals surface area contributed by atoms with Crippen LogP contribution in [0.2, 0.25) is 0 Å². The number of carbonyl (C=O) groups excluding carboxylic acids is 1. The first-order valence-electron chi connectivity index (χ1n) is 6.34. The maximum atomic E-state index is 11.8. The lowest BCUT2D eigenvalue weighted by molar-refractivity contribution is 0.0925. The van der Waals surface area contributed by atoms with Crippen molar-refractivity contribution in [3.05, 3.63) is 39.7 Å². The third kappa shape index (κ3) is 3.44. The van der Waals surface area contributed by atoms with Crippen LogP contribution in [0.3, 0.4) is 0 Å². The Morgan fingerprint density at radius 3 is 2.89 bits per heavy atom. The molecule has 0 aliphatic rings. The summed E-state index contributed by atoms with van der Waals surface area (Å²) in [7, 11) is 0. The second-order valence-corrected chi connectivity index (χ2v) is 5.66. The molecule has 2 aromatic rings. The lowest BCUT2D eigenvalue weighted by atomic mass is 10.2. The molecule has 19 heavy (non-hydrogen) atoms. The van der Waals surface area contributed by atoms with Crippen LogP contribution in [0.15, 0.2) is 22.1 Å². The van der Waals surface area contributed by atoms with E-state index in [4.69, 9.17) is 4.42 Å². The zero-order chi connectivity index (χ0) is 13.8. The maximum absolute atomic E-state index is 11.8. The minimum atomic E-state index is -0.165. The zero-order valence-corrected chi connectivity index (χ0v) is 12.2. The Bertz CT molecular complexity index is 557. The molecular formula is C14H18N2O2S. The van der Waals surface area contributed by atoms with E-state index in [1.807, 2.05) is 6.92 Å². The Balaban J connectivity index is 1.83. The Labute approximate surface area is 116 Å². The highest BCUT2D eigenvalue weighted by Crippen LogP contribution is 2.19. The molecule has 0 aromatic carbocycles. The Morgan fingerprint density at radius 1 is 1.53 bits per heavy atom. The second kappa shape index (κ2) is 6.02. The number of furan rings is 1. The monoisotopic (exact) mass is 278 g/mol. The van der Waals surface area contributed by atoms with E-state index in [9.17, 15) is 4.79 Å². The average molecular weight is 278 g/mol. The molecular weight excluding hydrogens is 260 g/mol. The molecule has 0 bridgehead atoms. The van der Waals surface area contributed by atoms with Gasteiger partial charge in [0.1, 0.15) is 0 Å². The van der Waals surface area contributed by atoms with Crippen LogP contribution in [-0.2, 0) is 6.42 Å². The van der Waals surface area contributed by atoms with E-state index in [2.05, 4.69) is 29.5 Å². The van der Waals surface area contributed by atoms with E-state index in [-0.39, 0.29) is 5.91 Å². The second-order valence-electron chi connectivity index (χ2n) is 4.77. The third-order valence-corrected chi connectivity index (χ3v) is 3.99. The molecule has 0 aliphatic heterocycles. The lowest BCUT2D eigenvalue weighted by Gasteiger charge is -2.02. The molecule has 102 valence electrons. The number of hydrogen-bond acceptors (Lipinski definition) is 4. The minimum absolute atomic E-state index is 0.165. The van der Waals surface area contributed by atoms with Gasteiger partial charge >= 0.3 is 0 Å². The fraction of sp³-hybridized carbons (Fsp3) is 0.429. The quantitative estimate of drug-likeness (QED) is 0.914. The van der Waals surface area contributed by atoms with Gasteiger partial charge in [-0.1, -0.05) is 13.8 Å². The van der Waals surface area contributed by atoms with Crippen LogP contribution in [0.25, 0.3) is 0 Å². The lowest BCUT2D eigenvalue weighted by Crippen LogP contribution is -2.25. The number of aromatic nitrogens is 1. The molecule has 0 radical (unpaired) electrons. The number of nitrogens with zero attached hydrogens (tertiary/aromatic N) is 1. The molecule has 4 nitrogen and oxygen atoms in total. The summed E-state index contributed by atoms with van der Waals surface area (Å²) in [5, 5.41) is 6.04. The van der Waals surface area contributed by atoms with Gasteiger partial charge in [-0.05, 0) is 13.0 Å². The summed E-state index contributed by atoms with van der Waals surface area (Å²) in [6.45, 7) is 6.68. The van der Waals surface area contributed by atoms with Crippen molar-refractivity contribution in [3.63, 3.8) is 0 Å². The predicted molar refractivity (Wildman–Crippen MR) is 75.7 cm³/mol.